The van der Waals surface area contributed by atoms with Crippen molar-refractivity contribution in [3.8, 4) is 0 Å². The van der Waals surface area contributed by atoms with Gasteiger partial charge in [-0.15, -0.1) is 0 Å². The molecule has 8 heteroatoms. The molecule has 0 amide bonds. The Morgan fingerprint density at radius 3 is 1.87 bits per heavy atom. The van der Waals surface area contributed by atoms with Gasteiger partial charge in [-0.3, -0.25) is 0 Å². The summed E-state index contributed by atoms with van der Waals surface area (Å²) >= 11 is 0. The van der Waals surface area contributed by atoms with Crippen LogP contribution >= 0.6 is 0 Å². The van der Waals surface area contributed by atoms with E-state index in [0.29, 0.717) is 0 Å². The van der Waals surface area contributed by atoms with Gasteiger partial charge in [0.1, 0.15) is 13.5 Å². The number of azide groups is 1. The average molecular weight is 217 g/mol. The maximum atomic E-state index is 13.1. The van der Waals surface area contributed by atoms with Crippen LogP contribution in [0.4, 0.5) is 23.2 Å². The molecule has 78 valence electrons. The Kier molecular flexibility index (Phi) is 3.21. The number of nitrogens with zero attached hydrogens (tertiary/aromatic N) is 3. The fraction of sp³-hybridized carbons (Fsp3) is 0.143. The molecule has 0 aromatic heterocycles. The van der Waals surface area contributed by atoms with Gasteiger partial charge in [0.25, 0.3) is 0 Å². The molecule has 0 unspecified atom stereocenters. The van der Waals surface area contributed by atoms with Gasteiger partial charge in [0, 0.05) is 10.5 Å². The van der Waals surface area contributed by atoms with Crippen molar-refractivity contribution < 1.29 is 17.6 Å². The number of benzene rings is 1. The summed E-state index contributed by atoms with van der Waals surface area (Å²) in [4.78, 5) is 2.08. The normalized spacial score (nSPS) is 9.87. The summed E-state index contributed by atoms with van der Waals surface area (Å²) in [5.41, 5.74) is 5.96. The summed E-state index contributed by atoms with van der Waals surface area (Å²) in [5, 5.41) is 2.55. The van der Waals surface area contributed by atoms with Crippen molar-refractivity contribution in [1.29, 1.82) is 0 Å². The maximum Gasteiger partial charge on any atom is 0.171 e. The van der Waals surface area contributed by atoms with Crippen LogP contribution in [0.3, 0.4) is 0 Å². The minimum Gasteiger partial charge on any atom is -0.203 e. The van der Waals surface area contributed by atoms with Crippen LogP contribution in [0.1, 0.15) is 5.56 Å². The zero-order chi connectivity index (χ0) is 11.6. The fourth-order valence-corrected chi connectivity index (χ4v) is 1.11. The van der Waals surface area contributed by atoms with Crippen molar-refractivity contribution in [1.82, 2.24) is 0 Å². The Hall–Kier alpha value is -1.69. The lowest BCUT2D eigenvalue weighted by Gasteiger charge is -2.06. The molecule has 0 spiro atoms. The molecule has 1 rings (SSSR count). The predicted molar refractivity (Wildman–Crippen MR) is 47.3 cm³/mol. The molecular formula is C7H4BF4N3. The van der Waals surface area contributed by atoms with Gasteiger partial charge in [-0.1, -0.05) is 11.4 Å². The van der Waals surface area contributed by atoms with E-state index in [9.17, 15) is 17.6 Å². The first-order valence-electron chi connectivity index (χ1n) is 3.94. The summed E-state index contributed by atoms with van der Waals surface area (Å²) in [6.07, 6.45) is -0.206. The van der Waals surface area contributed by atoms with Crippen molar-refractivity contribution in [3.05, 3.63) is 39.3 Å². The molecule has 0 atom stereocenters. The summed E-state index contributed by atoms with van der Waals surface area (Å²) in [5.74, 6) is -6.41. The van der Waals surface area contributed by atoms with Gasteiger partial charge in [0.15, 0.2) is 23.3 Å². The van der Waals surface area contributed by atoms with E-state index in [2.05, 4.69) is 10.0 Å². The van der Waals surface area contributed by atoms with Crippen molar-refractivity contribution >= 4 is 13.5 Å². The van der Waals surface area contributed by atoms with Crippen LogP contribution in [0, 0.1) is 23.3 Å². The Labute approximate surface area is 82.7 Å². The Morgan fingerprint density at radius 1 is 1.07 bits per heavy atom. The van der Waals surface area contributed by atoms with Crippen molar-refractivity contribution in [2.75, 3.05) is 0 Å². The summed E-state index contributed by atoms with van der Waals surface area (Å²) in [7, 11) is 1.34. The van der Waals surface area contributed by atoms with Gasteiger partial charge in [-0.05, 0) is 5.53 Å². The van der Waals surface area contributed by atoms with E-state index in [1.54, 1.807) is 0 Å². The fourth-order valence-electron chi connectivity index (χ4n) is 1.11. The molecule has 0 bridgehead atoms. The Balaban J connectivity index is 3.65. The standard InChI is InChI=1S/C7H4BF4N3/c8-1-2-3(9)5(11)7(14-15-13)6(12)4(2)10/h1,8H2. The van der Waals surface area contributed by atoms with E-state index in [-0.39, 0.29) is 6.32 Å². The second-order valence-electron chi connectivity index (χ2n) is 2.63. The van der Waals surface area contributed by atoms with E-state index in [1.807, 2.05) is 0 Å². The number of halogens is 4. The Bertz CT molecular complexity index is 427. The minimum absolute atomic E-state index is 0.206. The van der Waals surface area contributed by atoms with Crippen LogP contribution < -0.4 is 0 Å². The largest absolute Gasteiger partial charge is 0.203 e. The van der Waals surface area contributed by atoms with Gasteiger partial charge in [0.05, 0.1) is 0 Å². The first-order chi connectivity index (χ1) is 7.04. The molecule has 0 aliphatic heterocycles. The van der Waals surface area contributed by atoms with Crippen LogP contribution in [0.5, 0.6) is 0 Å². The van der Waals surface area contributed by atoms with E-state index in [1.165, 1.54) is 7.85 Å². The van der Waals surface area contributed by atoms with E-state index in [0.717, 1.165) is 0 Å². The molecule has 1 aromatic carbocycles. The second-order valence-corrected chi connectivity index (χ2v) is 2.63. The van der Waals surface area contributed by atoms with E-state index < -0.39 is 34.5 Å². The molecule has 3 nitrogen and oxygen atoms in total. The lowest BCUT2D eigenvalue weighted by Crippen LogP contribution is -2.03. The molecule has 1 aromatic rings. The third kappa shape index (κ3) is 1.76. The van der Waals surface area contributed by atoms with E-state index in [4.69, 9.17) is 5.53 Å². The van der Waals surface area contributed by atoms with E-state index >= 15 is 0 Å². The molecular weight excluding hydrogens is 213 g/mol. The number of hydrogen-bond donors (Lipinski definition) is 0. The zero-order valence-electron chi connectivity index (χ0n) is 7.56. The van der Waals surface area contributed by atoms with Gasteiger partial charge < -0.3 is 0 Å². The molecule has 0 aliphatic rings. The lowest BCUT2D eigenvalue weighted by atomic mass is 9.95. The highest BCUT2D eigenvalue weighted by Crippen LogP contribution is 2.30. The third-order valence-electron chi connectivity index (χ3n) is 1.83. The SMILES string of the molecule is BCc1c(F)c(F)c(N=[N+]=[N-])c(F)c1F. The molecule has 0 saturated carbocycles. The van der Waals surface area contributed by atoms with Crippen molar-refractivity contribution in [2.45, 2.75) is 6.32 Å². The van der Waals surface area contributed by atoms with Crippen molar-refractivity contribution in [3.63, 3.8) is 0 Å². The molecule has 0 saturated heterocycles. The van der Waals surface area contributed by atoms with Crippen LogP contribution in [0.25, 0.3) is 10.4 Å². The average Bonchev–Trinajstić information content (AvgIpc) is 2.23. The van der Waals surface area contributed by atoms with Crippen LogP contribution in [-0.2, 0) is 6.32 Å². The van der Waals surface area contributed by atoms with Crippen LogP contribution in [0.15, 0.2) is 5.11 Å². The molecule has 0 N–H and O–H groups in total. The molecule has 0 heterocycles. The van der Waals surface area contributed by atoms with Crippen molar-refractivity contribution in [2.24, 2.45) is 5.11 Å². The highest BCUT2D eigenvalue weighted by atomic mass is 19.2. The quantitative estimate of drug-likeness (QED) is 0.182. The highest BCUT2D eigenvalue weighted by Gasteiger charge is 2.23. The van der Waals surface area contributed by atoms with Crippen LogP contribution in [0.2, 0.25) is 0 Å². The first-order valence-corrected chi connectivity index (χ1v) is 3.94. The smallest absolute Gasteiger partial charge is 0.171 e. The molecule has 15 heavy (non-hydrogen) atoms. The van der Waals surface area contributed by atoms with Crippen LogP contribution in [-0.4, -0.2) is 7.85 Å². The maximum absolute atomic E-state index is 13.1. The minimum atomic E-state index is -1.68. The monoisotopic (exact) mass is 217 g/mol. The van der Waals surface area contributed by atoms with Gasteiger partial charge in [-0.2, -0.15) is 0 Å². The summed E-state index contributed by atoms with van der Waals surface area (Å²) < 4.78 is 52.2. The second kappa shape index (κ2) is 4.23. The predicted octanol–water partition coefficient (Wildman–Crippen LogP) is 2.32. The molecule has 0 fully saturated rings. The molecule has 0 aliphatic carbocycles. The molecule has 0 radical (unpaired) electrons. The summed E-state index contributed by atoms with van der Waals surface area (Å²) in [6, 6.07) is 0. The Morgan fingerprint density at radius 2 is 1.53 bits per heavy atom. The highest BCUT2D eigenvalue weighted by molar-refractivity contribution is 6.08. The number of hydrogen-bond acceptors (Lipinski definition) is 1. The lowest BCUT2D eigenvalue weighted by molar-refractivity contribution is 0.447. The number of rotatable bonds is 2. The summed E-state index contributed by atoms with van der Waals surface area (Å²) in [6.45, 7) is 0. The third-order valence-corrected chi connectivity index (χ3v) is 1.83. The topological polar surface area (TPSA) is 48.8 Å². The van der Waals surface area contributed by atoms with Gasteiger partial charge in [0.2, 0.25) is 0 Å². The first kappa shape index (κ1) is 11.4. The zero-order valence-corrected chi connectivity index (χ0v) is 7.56. The van der Waals surface area contributed by atoms with Gasteiger partial charge in [-0.25, -0.2) is 17.6 Å². The van der Waals surface area contributed by atoms with Gasteiger partial charge >= 0.3 is 0 Å².